The van der Waals surface area contributed by atoms with Crippen molar-refractivity contribution in [2.24, 2.45) is 28.6 Å². The predicted molar refractivity (Wildman–Crippen MR) is 150 cm³/mol. The number of ether oxygens (including phenoxy) is 2. The summed E-state index contributed by atoms with van der Waals surface area (Å²) < 4.78 is 11.8. The van der Waals surface area contributed by atoms with E-state index < -0.39 is 0 Å². The minimum atomic E-state index is -0.333. The van der Waals surface area contributed by atoms with Crippen molar-refractivity contribution in [3.05, 3.63) is 23.3 Å². The lowest BCUT2D eigenvalue weighted by Gasteiger charge is -2.48. The normalized spacial score (nSPS) is 32.2. The van der Waals surface area contributed by atoms with Crippen LogP contribution in [-0.4, -0.2) is 43.9 Å². The van der Waals surface area contributed by atoms with Crippen LogP contribution in [0.4, 0.5) is 0 Å². The SMILES string of the molecule is COc1cc(C#N)c(O[C@H]2CC[C@@](C)(C=O)CC2)cc1C(=O)N[C@@H]1C2CCC(CC2)[C@@H]1C(=O)NCC1(C)CCC1. The summed E-state index contributed by atoms with van der Waals surface area (Å²) in [5.74, 6) is 0.690. The maximum Gasteiger partial charge on any atom is 0.255 e. The molecule has 216 valence electrons. The van der Waals surface area contributed by atoms with Gasteiger partial charge in [0.05, 0.1) is 30.3 Å². The third-order valence-electron chi connectivity index (χ3n) is 10.4. The fourth-order valence-electron chi connectivity index (χ4n) is 7.40. The van der Waals surface area contributed by atoms with Crippen LogP contribution in [0.3, 0.4) is 0 Å². The monoisotopic (exact) mass is 549 g/mol. The van der Waals surface area contributed by atoms with E-state index in [1.165, 1.54) is 13.5 Å². The van der Waals surface area contributed by atoms with E-state index in [4.69, 9.17) is 9.47 Å². The summed E-state index contributed by atoms with van der Waals surface area (Å²) in [5, 5.41) is 16.3. The molecule has 0 radical (unpaired) electrons. The number of aldehydes is 1. The third kappa shape index (κ3) is 5.70. The Labute approximate surface area is 237 Å². The highest BCUT2D eigenvalue weighted by Gasteiger charge is 2.48. The summed E-state index contributed by atoms with van der Waals surface area (Å²) in [6.07, 6.45) is 11.3. The van der Waals surface area contributed by atoms with E-state index in [-0.39, 0.29) is 52.5 Å². The quantitative estimate of drug-likeness (QED) is 0.422. The molecule has 1 aromatic carbocycles. The largest absolute Gasteiger partial charge is 0.496 e. The smallest absolute Gasteiger partial charge is 0.255 e. The van der Waals surface area contributed by atoms with Gasteiger partial charge in [-0.2, -0.15) is 5.26 Å². The molecule has 6 rings (SSSR count). The highest BCUT2D eigenvalue weighted by molar-refractivity contribution is 5.98. The Hall–Kier alpha value is -3.08. The van der Waals surface area contributed by atoms with Crippen molar-refractivity contribution in [3.8, 4) is 17.6 Å². The number of fused-ring (bicyclic) bond motifs is 3. The number of carbonyl (C=O) groups is 3. The van der Waals surface area contributed by atoms with Crippen LogP contribution in [0.2, 0.25) is 0 Å². The van der Waals surface area contributed by atoms with Gasteiger partial charge in [-0.05, 0) is 87.5 Å². The summed E-state index contributed by atoms with van der Waals surface area (Å²) >= 11 is 0. The van der Waals surface area contributed by atoms with Crippen molar-refractivity contribution in [1.29, 1.82) is 5.26 Å². The number of carbonyl (C=O) groups excluding carboxylic acids is 3. The topological polar surface area (TPSA) is 118 Å². The molecule has 5 aliphatic rings. The molecule has 0 heterocycles. The van der Waals surface area contributed by atoms with Crippen molar-refractivity contribution in [1.82, 2.24) is 10.6 Å². The molecule has 2 amide bonds. The lowest BCUT2D eigenvalue weighted by atomic mass is 9.61. The third-order valence-corrected chi connectivity index (χ3v) is 10.4. The van der Waals surface area contributed by atoms with Gasteiger partial charge in [0.25, 0.3) is 5.91 Å². The molecule has 0 aromatic heterocycles. The molecule has 2 atom stereocenters. The summed E-state index contributed by atoms with van der Waals surface area (Å²) in [6.45, 7) is 4.89. The van der Waals surface area contributed by atoms with E-state index in [9.17, 15) is 19.6 Å². The number of nitrogens with zero attached hydrogens (tertiary/aromatic N) is 1. The van der Waals surface area contributed by atoms with Gasteiger partial charge < -0.3 is 24.9 Å². The second kappa shape index (κ2) is 11.4. The molecule has 0 aliphatic heterocycles. The van der Waals surface area contributed by atoms with Gasteiger partial charge in [0, 0.05) is 24.1 Å². The standard InChI is InChI=1S/C32H43N3O5/c1-31(11-4-12-31)18-34-30(38)27-20-5-7-21(8-6-20)28(27)35-29(37)24-16-25(22(17-33)15-26(24)39-3)40-23-9-13-32(2,19-36)14-10-23/h15-16,19-21,23,27-28H,4-14,18H2,1-3H3,(H,34,38)(H,35,37)/t20?,21?,23-,27-,28+,32+/m0/s1. The maximum absolute atomic E-state index is 13.8. The molecule has 5 aliphatic carbocycles. The second-order valence-electron chi connectivity index (χ2n) is 13.3. The van der Waals surface area contributed by atoms with Gasteiger partial charge in [-0.25, -0.2) is 0 Å². The van der Waals surface area contributed by atoms with Gasteiger partial charge >= 0.3 is 0 Å². The molecule has 5 saturated carbocycles. The summed E-state index contributed by atoms with van der Waals surface area (Å²) in [6, 6.07) is 5.09. The molecule has 0 saturated heterocycles. The fourth-order valence-corrected chi connectivity index (χ4v) is 7.40. The lowest BCUT2D eigenvalue weighted by molar-refractivity contribution is -0.132. The number of hydrogen-bond acceptors (Lipinski definition) is 6. The Morgan fingerprint density at radius 1 is 1.02 bits per heavy atom. The van der Waals surface area contributed by atoms with Gasteiger partial charge in [-0.15, -0.1) is 0 Å². The fraction of sp³-hybridized carbons (Fsp3) is 0.688. The van der Waals surface area contributed by atoms with E-state index in [2.05, 4.69) is 23.6 Å². The lowest BCUT2D eigenvalue weighted by Crippen LogP contribution is -2.58. The Morgan fingerprint density at radius 3 is 2.27 bits per heavy atom. The number of amides is 2. The minimum absolute atomic E-state index is 0.0586. The van der Waals surface area contributed by atoms with Crippen molar-refractivity contribution in [2.45, 2.75) is 96.6 Å². The van der Waals surface area contributed by atoms with Gasteiger partial charge in [-0.1, -0.05) is 20.3 Å². The first-order valence-electron chi connectivity index (χ1n) is 15.0. The zero-order valence-electron chi connectivity index (χ0n) is 24.1. The molecule has 8 heteroatoms. The molecule has 2 bridgehead atoms. The molecule has 8 nitrogen and oxygen atoms in total. The Bertz CT molecular complexity index is 1170. The van der Waals surface area contributed by atoms with Crippen LogP contribution in [0.5, 0.6) is 11.5 Å². The molecule has 0 unspecified atom stereocenters. The number of rotatable bonds is 9. The number of hydrogen-bond donors (Lipinski definition) is 2. The first-order chi connectivity index (χ1) is 19.2. The summed E-state index contributed by atoms with van der Waals surface area (Å²) in [5.41, 5.74) is 0.461. The Kier molecular flexibility index (Phi) is 8.13. The average molecular weight is 550 g/mol. The van der Waals surface area contributed by atoms with Crippen LogP contribution in [0.25, 0.3) is 0 Å². The molecular weight excluding hydrogens is 506 g/mol. The Morgan fingerprint density at radius 2 is 1.70 bits per heavy atom. The van der Waals surface area contributed by atoms with E-state index >= 15 is 0 Å². The molecule has 2 N–H and O–H groups in total. The highest BCUT2D eigenvalue weighted by Crippen LogP contribution is 2.46. The van der Waals surface area contributed by atoms with Crippen molar-refractivity contribution in [3.63, 3.8) is 0 Å². The van der Waals surface area contributed by atoms with Crippen LogP contribution < -0.4 is 20.1 Å². The van der Waals surface area contributed by atoms with Gasteiger partial charge in [-0.3, -0.25) is 9.59 Å². The maximum atomic E-state index is 13.8. The van der Waals surface area contributed by atoms with Crippen LogP contribution in [0, 0.1) is 39.9 Å². The van der Waals surface area contributed by atoms with E-state index in [1.54, 1.807) is 12.1 Å². The molecule has 1 aromatic rings. The summed E-state index contributed by atoms with van der Waals surface area (Å²) in [7, 11) is 1.48. The summed E-state index contributed by atoms with van der Waals surface area (Å²) in [4.78, 5) is 38.7. The first-order valence-corrected chi connectivity index (χ1v) is 15.0. The zero-order valence-corrected chi connectivity index (χ0v) is 24.1. The number of methoxy groups -OCH3 is 1. The highest BCUT2D eigenvalue weighted by atomic mass is 16.5. The van der Waals surface area contributed by atoms with Crippen molar-refractivity contribution < 1.29 is 23.9 Å². The van der Waals surface area contributed by atoms with Gasteiger partial charge in [0.1, 0.15) is 23.9 Å². The molecule has 5 fully saturated rings. The van der Waals surface area contributed by atoms with Crippen molar-refractivity contribution >= 4 is 18.1 Å². The second-order valence-corrected chi connectivity index (χ2v) is 13.3. The Balaban J connectivity index is 1.33. The van der Waals surface area contributed by atoms with Crippen LogP contribution >= 0.6 is 0 Å². The number of nitrogens with one attached hydrogen (secondary N) is 2. The zero-order chi connectivity index (χ0) is 28.5. The van der Waals surface area contributed by atoms with Gasteiger partial charge in [0.15, 0.2) is 0 Å². The average Bonchev–Trinajstić information content (AvgIpc) is 2.96. The molecule has 0 spiro atoms. The first kappa shape index (κ1) is 28.4. The van der Waals surface area contributed by atoms with Crippen LogP contribution in [0.15, 0.2) is 12.1 Å². The van der Waals surface area contributed by atoms with Crippen LogP contribution in [0.1, 0.15) is 100 Å². The number of nitriles is 1. The van der Waals surface area contributed by atoms with Crippen molar-refractivity contribution in [2.75, 3.05) is 13.7 Å². The number of benzene rings is 1. The van der Waals surface area contributed by atoms with Crippen LogP contribution in [-0.2, 0) is 9.59 Å². The van der Waals surface area contributed by atoms with E-state index in [0.717, 1.165) is 57.7 Å². The molecular formula is C32H43N3O5. The van der Waals surface area contributed by atoms with Gasteiger partial charge in [0.2, 0.25) is 5.91 Å². The van der Waals surface area contributed by atoms with E-state index in [1.807, 2.05) is 6.92 Å². The predicted octanol–water partition coefficient (Wildman–Crippen LogP) is 4.93. The minimum Gasteiger partial charge on any atom is -0.496 e. The molecule has 40 heavy (non-hydrogen) atoms. The van der Waals surface area contributed by atoms with E-state index in [0.29, 0.717) is 42.0 Å².